The fourth-order valence-electron chi connectivity index (χ4n) is 2.45. The number of carbonyl (C=O) groups is 2. The molecule has 24 heavy (non-hydrogen) atoms. The summed E-state index contributed by atoms with van der Waals surface area (Å²) in [5.41, 5.74) is 1.18. The maximum atomic E-state index is 12.6. The van der Waals surface area contributed by atoms with E-state index in [9.17, 15) is 9.59 Å². The summed E-state index contributed by atoms with van der Waals surface area (Å²) in [6, 6.07) is 5.59. The minimum absolute atomic E-state index is 0.114. The zero-order valence-corrected chi connectivity index (χ0v) is 14.2. The lowest BCUT2D eigenvalue weighted by Gasteiger charge is -2.33. The molecule has 0 radical (unpaired) electrons. The maximum absolute atomic E-state index is 12.6. The molecule has 8 heteroatoms. The van der Waals surface area contributed by atoms with Crippen LogP contribution in [-0.4, -0.2) is 64.6 Å². The van der Waals surface area contributed by atoms with Gasteiger partial charge in [0.2, 0.25) is 0 Å². The number of rotatable bonds is 3. The molecule has 3 rings (SSSR count). The van der Waals surface area contributed by atoms with Crippen molar-refractivity contribution in [1.82, 2.24) is 19.8 Å². The Bertz CT molecular complexity index is 711. The summed E-state index contributed by atoms with van der Waals surface area (Å²) >= 11 is 1.40. The number of thiazole rings is 1. The lowest BCUT2D eigenvalue weighted by atomic mass is 10.3. The van der Waals surface area contributed by atoms with E-state index in [1.165, 1.54) is 11.3 Å². The van der Waals surface area contributed by atoms with Gasteiger partial charge in [-0.3, -0.25) is 9.78 Å². The second kappa shape index (κ2) is 7.39. The average Bonchev–Trinajstić information content (AvgIpc) is 3.12. The van der Waals surface area contributed by atoms with E-state index in [0.29, 0.717) is 38.5 Å². The van der Waals surface area contributed by atoms with E-state index in [4.69, 9.17) is 4.74 Å². The zero-order chi connectivity index (χ0) is 16.9. The van der Waals surface area contributed by atoms with Gasteiger partial charge in [0, 0.05) is 37.8 Å². The van der Waals surface area contributed by atoms with E-state index in [0.717, 1.165) is 10.7 Å². The quantitative estimate of drug-likeness (QED) is 0.851. The molecule has 0 atom stereocenters. The van der Waals surface area contributed by atoms with Crippen LogP contribution in [0, 0.1) is 0 Å². The van der Waals surface area contributed by atoms with Crippen LogP contribution in [0.4, 0.5) is 4.79 Å². The number of aromatic nitrogens is 2. The molecule has 126 valence electrons. The average molecular weight is 346 g/mol. The van der Waals surface area contributed by atoms with Crippen LogP contribution in [0.2, 0.25) is 0 Å². The number of hydrogen-bond donors (Lipinski definition) is 0. The topological polar surface area (TPSA) is 75.6 Å². The van der Waals surface area contributed by atoms with Gasteiger partial charge in [0.1, 0.15) is 10.7 Å². The summed E-state index contributed by atoms with van der Waals surface area (Å²) in [4.78, 5) is 36.2. The van der Waals surface area contributed by atoms with E-state index in [2.05, 4.69) is 9.97 Å². The molecule has 2 aromatic heterocycles. The van der Waals surface area contributed by atoms with Gasteiger partial charge in [-0.05, 0) is 19.1 Å². The van der Waals surface area contributed by atoms with E-state index < -0.39 is 0 Å². The number of pyridine rings is 1. The van der Waals surface area contributed by atoms with Crippen molar-refractivity contribution in [2.24, 2.45) is 0 Å². The third-order valence-corrected chi connectivity index (χ3v) is 4.57. The monoisotopic (exact) mass is 346 g/mol. The SMILES string of the molecule is CCOC(=O)N1CCN(C(=O)c2csc(-c3ccccn3)n2)CC1. The molecule has 1 fully saturated rings. The highest BCUT2D eigenvalue weighted by Gasteiger charge is 2.26. The first-order valence-electron chi connectivity index (χ1n) is 7.77. The Hall–Kier alpha value is -2.48. The third-order valence-electron chi connectivity index (χ3n) is 3.70. The second-order valence-corrected chi connectivity index (χ2v) is 6.09. The van der Waals surface area contributed by atoms with Gasteiger partial charge in [0.05, 0.1) is 12.3 Å². The van der Waals surface area contributed by atoms with Gasteiger partial charge in [0.25, 0.3) is 5.91 Å². The summed E-state index contributed by atoms with van der Waals surface area (Å²) in [7, 11) is 0. The molecule has 1 saturated heterocycles. The van der Waals surface area contributed by atoms with Crippen LogP contribution in [0.5, 0.6) is 0 Å². The number of piperazine rings is 1. The van der Waals surface area contributed by atoms with Gasteiger partial charge in [-0.25, -0.2) is 9.78 Å². The van der Waals surface area contributed by atoms with Gasteiger partial charge in [-0.2, -0.15) is 0 Å². The molecule has 2 amide bonds. The Morgan fingerprint density at radius 1 is 1.21 bits per heavy atom. The van der Waals surface area contributed by atoms with Crippen LogP contribution >= 0.6 is 11.3 Å². The van der Waals surface area contributed by atoms with Gasteiger partial charge in [0.15, 0.2) is 0 Å². The molecule has 0 bridgehead atoms. The van der Waals surface area contributed by atoms with Gasteiger partial charge in [-0.1, -0.05) is 6.07 Å². The van der Waals surface area contributed by atoms with E-state index in [1.807, 2.05) is 18.2 Å². The Balaban J connectivity index is 1.62. The molecular formula is C16H18N4O3S. The summed E-state index contributed by atoms with van der Waals surface area (Å²) in [6.45, 7) is 4.04. The molecule has 0 N–H and O–H groups in total. The van der Waals surface area contributed by atoms with Crippen molar-refractivity contribution in [3.05, 3.63) is 35.5 Å². The zero-order valence-electron chi connectivity index (χ0n) is 13.3. The van der Waals surface area contributed by atoms with E-state index in [-0.39, 0.29) is 12.0 Å². The molecule has 0 unspecified atom stereocenters. The van der Waals surface area contributed by atoms with Gasteiger partial charge in [-0.15, -0.1) is 11.3 Å². The van der Waals surface area contributed by atoms with Crippen LogP contribution in [-0.2, 0) is 4.74 Å². The maximum Gasteiger partial charge on any atom is 0.409 e. The Kier molecular flexibility index (Phi) is 5.05. The first kappa shape index (κ1) is 16.4. The molecule has 0 saturated carbocycles. The van der Waals surface area contributed by atoms with Crippen molar-refractivity contribution < 1.29 is 14.3 Å². The van der Waals surface area contributed by atoms with Crippen LogP contribution < -0.4 is 0 Å². The number of ether oxygens (including phenoxy) is 1. The number of amides is 2. The molecule has 1 aliphatic heterocycles. The van der Waals surface area contributed by atoms with E-state index >= 15 is 0 Å². The Labute approximate surface area is 143 Å². The van der Waals surface area contributed by atoms with Crippen LogP contribution in [0.15, 0.2) is 29.8 Å². The highest BCUT2D eigenvalue weighted by atomic mass is 32.1. The van der Waals surface area contributed by atoms with Crippen molar-refractivity contribution >= 4 is 23.3 Å². The Morgan fingerprint density at radius 2 is 1.96 bits per heavy atom. The number of hydrogen-bond acceptors (Lipinski definition) is 6. The largest absolute Gasteiger partial charge is 0.450 e. The summed E-state index contributed by atoms with van der Waals surface area (Å²) in [6.07, 6.45) is 1.38. The lowest BCUT2D eigenvalue weighted by molar-refractivity contribution is 0.0566. The molecule has 7 nitrogen and oxygen atoms in total. The van der Waals surface area contributed by atoms with Crippen molar-refractivity contribution in [1.29, 1.82) is 0 Å². The van der Waals surface area contributed by atoms with Crippen LogP contribution in [0.25, 0.3) is 10.7 Å². The summed E-state index contributed by atoms with van der Waals surface area (Å²) in [5.74, 6) is -0.114. The number of carbonyl (C=O) groups excluding carboxylic acids is 2. The fourth-order valence-corrected chi connectivity index (χ4v) is 3.22. The normalized spacial score (nSPS) is 14.5. The molecule has 0 aromatic carbocycles. The van der Waals surface area contributed by atoms with Crippen LogP contribution in [0.1, 0.15) is 17.4 Å². The highest BCUT2D eigenvalue weighted by Crippen LogP contribution is 2.22. The Morgan fingerprint density at radius 3 is 2.62 bits per heavy atom. The molecule has 1 aliphatic rings. The molecule has 0 spiro atoms. The molecular weight excluding hydrogens is 328 g/mol. The summed E-state index contributed by atoms with van der Waals surface area (Å²) < 4.78 is 4.98. The fraction of sp³-hybridized carbons (Fsp3) is 0.375. The van der Waals surface area contributed by atoms with Crippen molar-refractivity contribution in [2.45, 2.75) is 6.92 Å². The van der Waals surface area contributed by atoms with Crippen molar-refractivity contribution in [2.75, 3.05) is 32.8 Å². The highest BCUT2D eigenvalue weighted by molar-refractivity contribution is 7.13. The third kappa shape index (κ3) is 3.53. The lowest BCUT2D eigenvalue weighted by Crippen LogP contribution is -2.50. The molecule has 2 aromatic rings. The van der Waals surface area contributed by atoms with Crippen molar-refractivity contribution in [3.8, 4) is 10.7 Å². The first-order chi connectivity index (χ1) is 11.7. The smallest absolute Gasteiger partial charge is 0.409 e. The van der Waals surface area contributed by atoms with Crippen molar-refractivity contribution in [3.63, 3.8) is 0 Å². The predicted octanol–water partition coefficient (Wildman–Crippen LogP) is 2.12. The minimum Gasteiger partial charge on any atom is -0.450 e. The predicted molar refractivity (Wildman–Crippen MR) is 89.8 cm³/mol. The number of nitrogens with zero attached hydrogens (tertiary/aromatic N) is 4. The standard InChI is InChI=1S/C16H18N4O3S/c1-2-23-16(22)20-9-7-19(8-10-20)15(21)13-11-24-14(18-13)12-5-3-4-6-17-12/h3-6,11H,2,7-10H2,1H3. The van der Waals surface area contributed by atoms with Crippen LogP contribution in [0.3, 0.4) is 0 Å². The molecule has 0 aliphatic carbocycles. The van der Waals surface area contributed by atoms with Gasteiger partial charge >= 0.3 is 6.09 Å². The second-order valence-electron chi connectivity index (χ2n) is 5.23. The van der Waals surface area contributed by atoms with E-state index in [1.54, 1.807) is 28.3 Å². The van der Waals surface area contributed by atoms with Gasteiger partial charge < -0.3 is 14.5 Å². The minimum atomic E-state index is -0.323. The summed E-state index contributed by atoms with van der Waals surface area (Å²) in [5, 5.41) is 2.48. The first-order valence-corrected chi connectivity index (χ1v) is 8.65. The molecule has 3 heterocycles.